The summed E-state index contributed by atoms with van der Waals surface area (Å²) in [5.41, 5.74) is 2.70. The van der Waals surface area contributed by atoms with Crippen LogP contribution in [0, 0.1) is 11.3 Å². The summed E-state index contributed by atoms with van der Waals surface area (Å²) in [7, 11) is 0. The van der Waals surface area contributed by atoms with Gasteiger partial charge in [0.05, 0.1) is 12.6 Å². The van der Waals surface area contributed by atoms with Gasteiger partial charge in [-0.2, -0.15) is 5.26 Å². The van der Waals surface area contributed by atoms with Gasteiger partial charge in [-0.15, -0.1) is 0 Å². The molecule has 0 amide bonds. The third-order valence-corrected chi connectivity index (χ3v) is 4.64. The Morgan fingerprint density at radius 1 is 0.955 bits per heavy atom. The normalized spacial score (nSPS) is 19.0. The molecule has 1 unspecified atom stereocenters. The Bertz CT molecular complexity index is 576. The van der Waals surface area contributed by atoms with E-state index in [0.717, 1.165) is 13.0 Å². The molecule has 3 rings (SSSR count). The minimum atomic E-state index is 0.344. The number of hydrogen-bond donors (Lipinski definition) is 0. The first kappa shape index (κ1) is 14.8. The second-order valence-electron chi connectivity index (χ2n) is 5.99. The van der Waals surface area contributed by atoms with Gasteiger partial charge in [-0.25, -0.2) is 0 Å². The number of likely N-dealkylation sites (tertiary alicyclic amines) is 1. The molecule has 0 N–H and O–H groups in total. The maximum absolute atomic E-state index is 9.17. The van der Waals surface area contributed by atoms with Crippen LogP contribution in [0.15, 0.2) is 60.7 Å². The van der Waals surface area contributed by atoms with Crippen LogP contribution in [0.4, 0.5) is 0 Å². The molecule has 2 heteroatoms. The molecular weight excluding hydrogens is 268 g/mol. The van der Waals surface area contributed by atoms with Crippen LogP contribution in [-0.2, 0) is 0 Å². The first-order chi connectivity index (χ1) is 10.9. The van der Waals surface area contributed by atoms with E-state index in [1.54, 1.807) is 0 Å². The minimum Gasteiger partial charge on any atom is -0.287 e. The van der Waals surface area contributed by atoms with Gasteiger partial charge in [0.1, 0.15) is 0 Å². The molecule has 2 aromatic carbocycles. The number of benzene rings is 2. The van der Waals surface area contributed by atoms with Crippen LogP contribution >= 0.6 is 0 Å². The number of piperidine rings is 1. The average molecular weight is 290 g/mol. The second kappa shape index (κ2) is 7.24. The predicted octanol–water partition coefficient (Wildman–Crippen LogP) is 4.20. The molecule has 1 aliphatic heterocycles. The van der Waals surface area contributed by atoms with Crippen LogP contribution in [0.3, 0.4) is 0 Å². The van der Waals surface area contributed by atoms with Crippen molar-refractivity contribution in [1.29, 1.82) is 5.26 Å². The highest BCUT2D eigenvalue weighted by Crippen LogP contribution is 2.35. The van der Waals surface area contributed by atoms with Crippen molar-refractivity contribution in [1.82, 2.24) is 4.90 Å². The van der Waals surface area contributed by atoms with Crippen molar-refractivity contribution in [3.63, 3.8) is 0 Å². The standard InChI is InChI=1S/C20H22N2/c21-14-16-22-15-8-7-13-19(22)20(17-9-3-1-4-10-17)18-11-5-2-6-12-18/h1-6,9-12,19-20H,7-8,13,15-16H2. The van der Waals surface area contributed by atoms with Crippen molar-refractivity contribution < 1.29 is 0 Å². The van der Waals surface area contributed by atoms with Gasteiger partial charge in [0.25, 0.3) is 0 Å². The Morgan fingerprint density at radius 3 is 2.09 bits per heavy atom. The number of nitriles is 1. The zero-order valence-electron chi connectivity index (χ0n) is 12.9. The third kappa shape index (κ3) is 3.21. The van der Waals surface area contributed by atoms with E-state index < -0.39 is 0 Å². The van der Waals surface area contributed by atoms with Gasteiger partial charge in [-0.1, -0.05) is 67.1 Å². The molecule has 22 heavy (non-hydrogen) atoms. The molecular formula is C20H22N2. The molecule has 1 fully saturated rings. The lowest BCUT2D eigenvalue weighted by atomic mass is 9.80. The molecule has 1 atom stereocenters. The van der Waals surface area contributed by atoms with Gasteiger partial charge in [0, 0.05) is 12.0 Å². The van der Waals surface area contributed by atoms with Gasteiger partial charge in [0.15, 0.2) is 0 Å². The Balaban J connectivity index is 1.99. The smallest absolute Gasteiger partial charge is 0.0868 e. The molecule has 0 spiro atoms. The Labute approximate surface area is 133 Å². The fourth-order valence-corrected chi connectivity index (χ4v) is 3.64. The zero-order valence-corrected chi connectivity index (χ0v) is 12.9. The zero-order chi connectivity index (χ0) is 15.2. The second-order valence-corrected chi connectivity index (χ2v) is 5.99. The highest BCUT2D eigenvalue weighted by Gasteiger charge is 2.31. The summed E-state index contributed by atoms with van der Waals surface area (Å²) in [4.78, 5) is 2.37. The van der Waals surface area contributed by atoms with Crippen molar-refractivity contribution in [2.24, 2.45) is 0 Å². The van der Waals surface area contributed by atoms with Crippen LogP contribution in [0.25, 0.3) is 0 Å². The molecule has 0 saturated carbocycles. The Morgan fingerprint density at radius 2 is 1.55 bits per heavy atom. The lowest BCUT2D eigenvalue weighted by Gasteiger charge is -2.39. The maximum atomic E-state index is 9.17. The predicted molar refractivity (Wildman–Crippen MR) is 89.6 cm³/mol. The quantitative estimate of drug-likeness (QED) is 0.789. The molecule has 0 aliphatic carbocycles. The van der Waals surface area contributed by atoms with E-state index in [1.807, 2.05) is 0 Å². The van der Waals surface area contributed by atoms with E-state index in [1.165, 1.54) is 24.0 Å². The monoisotopic (exact) mass is 290 g/mol. The SMILES string of the molecule is N#CCN1CCCCC1C(c1ccccc1)c1ccccc1. The van der Waals surface area contributed by atoms with E-state index in [0.29, 0.717) is 18.5 Å². The number of hydrogen-bond acceptors (Lipinski definition) is 2. The van der Waals surface area contributed by atoms with Gasteiger partial charge < -0.3 is 0 Å². The molecule has 1 aliphatic rings. The summed E-state index contributed by atoms with van der Waals surface area (Å²) in [5.74, 6) is 0.344. The fourth-order valence-electron chi connectivity index (χ4n) is 3.64. The fraction of sp³-hybridized carbons (Fsp3) is 0.350. The molecule has 0 aromatic heterocycles. The maximum Gasteiger partial charge on any atom is 0.0868 e. The average Bonchev–Trinajstić information content (AvgIpc) is 2.59. The summed E-state index contributed by atoms with van der Waals surface area (Å²) in [6.45, 7) is 1.56. The van der Waals surface area contributed by atoms with E-state index in [2.05, 4.69) is 71.6 Å². The molecule has 2 aromatic rings. The van der Waals surface area contributed by atoms with Crippen LogP contribution < -0.4 is 0 Å². The molecule has 0 bridgehead atoms. The van der Waals surface area contributed by atoms with Crippen molar-refractivity contribution in [2.75, 3.05) is 13.1 Å². The number of rotatable bonds is 4. The van der Waals surface area contributed by atoms with Crippen molar-refractivity contribution >= 4 is 0 Å². The molecule has 112 valence electrons. The van der Waals surface area contributed by atoms with Crippen molar-refractivity contribution in [3.8, 4) is 6.07 Å². The van der Waals surface area contributed by atoms with E-state index in [4.69, 9.17) is 5.26 Å². The molecule has 1 heterocycles. The van der Waals surface area contributed by atoms with Gasteiger partial charge in [0.2, 0.25) is 0 Å². The van der Waals surface area contributed by atoms with Gasteiger partial charge in [-0.3, -0.25) is 4.90 Å². The summed E-state index contributed by atoms with van der Waals surface area (Å²) in [6, 6.07) is 24.2. The first-order valence-corrected chi connectivity index (χ1v) is 8.11. The Hall–Kier alpha value is -2.11. The van der Waals surface area contributed by atoms with Gasteiger partial charge >= 0.3 is 0 Å². The van der Waals surface area contributed by atoms with E-state index in [9.17, 15) is 0 Å². The van der Waals surface area contributed by atoms with E-state index >= 15 is 0 Å². The summed E-state index contributed by atoms with van der Waals surface area (Å²) in [6.07, 6.45) is 3.62. The van der Waals surface area contributed by atoms with Gasteiger partial charge in [-0.05, 0) is 30.5 Å². The summed E-state index contributed by atoms with van der Waals surface area (Å²) < 4.78 is 0. The van der Waals surface area contributed by atoms with Crippen LogP contribution in [0.2, 0.25) is 0 Å². The third-order valence-electron chi connectivity index (χ3n) is 4.64. The summed E-state index contributed by atoms with van der Waals surface area (Å²) in [5, 5.41) is 9.17. The van der Waals surface area contributed by atoms with Crippen LogP contribution in [0.1, 0.15) is 36.3 Å². The van der Waals surface area contributed by atoms with E-state index in [-0.39, 0.29) is 0 Å². The largest absolute Gasteiger partial charge is 0.287 e. The number of nitrogens with zero attached hydrogens (tertiary/aromatic N) is 2. The summed E-state index contributed by atoms with van der Waals surface area (Å²) >= 11 is 0. The topological polar surface area (TPSA) is 27.0 Å². The van der Waals surface area contributed by atoms with Crippen LogP contribution in [-0.4, -0.2) is 24.0 Å². The van der Waals surface area contributed by atoms with Crippen molar-refractivity contribution in [3.05, 3.63) is 71.8 Å². The lowest BCUT2D eigenvalue weighted by molar-refractivity contribution is 0.152. The first-order valence-electron chi connectivity index (χ1n) is 8.11. The minimum absolute atomic E-state index is 0.344. The highest BCUT2D eigenvalue weighted by atomic mass is 15.2. The van der Waals surface area contributed by atoms with Crippen LogP contribution in [0.5, 0.6) is 0 Å². The van der Waals surface area contributed by atoms with Crippen molar-refractivity contribution in [2.45, 2.75) is 31.2 Å². The molecule has 0 radical (unpaired) electrons. The lowest BCUT2D eigenvalue weighted by Crippen LogP contribution is -2.43. The Kier molecular flexibility index (Phi) is 4.88. The highest BCUT2D eigenvalue weighted by molar-refractivity contribution is 5.34. The molecule has 1 saturated heterocycles. The molecule has 2 nitrogen and oxygen atoms in total.